The van der Waals surface area contributed by atoms with E-state index < -0.39 is 0 Å². The Labute approximate surface area is 199 Å². The molecular formula is C30H49NO. The monoisotopic (exact) mass is 439 g/mol. The molecule has 1 aromatic carbocycles. The summed E-state index contributed by atoms with van der Waals surface area (Å²) in [7, 11) is 1.79. The van der Waals surface area contributed by atoms with E-state index in [-0.39, 0.29) is 5.78 Å². The second-order valence-corrected chi connectivity index (χ2v) is 9.89. The minimum atomic E-state index is 0.270. The summed E-state index contributed by atoms with van der Waals surface area (Å²) in [4.78, 5) is 11.2. The molecule has 0 spiro atoms. The average Bonchev–Trinajstić information content (AvgIpc) is 2.80. The number of nitrogens with one attached hydrogen (secondary N) is 1. The SMILES string of the molecule is C=C[C@@H](C)C1CC/C(C)=C/CCC(C)C(C)[C@H]1CC.CNCC(=O)CCc1ccccc1. The van der Waals surface area contributed by atoms with Gasteiger partial charge in [0.05, 0.1) is 6.54 Å². The molecule has 0 bridgehead atoms. The Kier molecular flexibility index (Phi) is 14.2. The summed E-state index contributed by atoms with van der Waals surface area (Å²) in [5.74, 6) is 4.25. The number of Topliss-reactive ketones (excluding diaryl/α,β-unsaturated/α-hetero) is 1. The number of aryl methyl sites for hydroxylation is 1. The van der Waals surface area contributed by atoms with E-state index in [4.69, 9.17) is 0 Å². The highest BCUT2D eigenvalue weighted by Crippen LogP contribution is 2.39. The Morgan fingerprint density at radius 3 is 2.50 bits per heavy atom. The molecule has 32 heavy (non-hydrogen) atoms. The quantitative estimate of drug-likeness (QED) is 0.421. The number of allylic oxidation sites excluding steroid dienone is 3. The van der Waals surface area contributed by atoms with Crippen LogP contribution < -0.4 is 5.32 Å². The number of ketones is 1. The molecule has 1 aromatic rings. The fourth-order valence-corrected chi connectivity index (χ4v) is 5.09. The third kappa shape index (κ3) is 10.3. The number of hydrogen-bond donors (Lipinski definition) is 1. The van der Waals surface area contributed by atoms with Crippen LogP contribution in [0.1, 0.15) is 78.7 Å². The first-order valence-corrected chi connectivity index (χ1v) is 12.8. The van der Waals surface area contributed by atoms with E-state index in [1.54, 1.807) is 12.6 Å². The number of carbonyl (C=O) groups is 1. The van der Waals surface area contributed by atoms with E-state index in [1.165, 1.54) is 37.7 Å². The van der Waals surface area contributed by atoms with Crippen LogP contribution in [0, 0.1) is 29.6 Å². The summed E-state index contributed by atoms with van der Waals surface area (Å²) in [5, 5.41) is 2.85. The van der Waals surface area contributed by atoms with Crippen molar-refractivity contribution >= 4 is 5.78 Å². The molecule has 1 aliphatic carbocycles. The van der Waals surface area contributed by atoms with Crippen molar-refractivity contribution in [1.29, 1.82) is 0 Å². The Morgan fingerprint density at radius 1 is 1.22 bits per heavy atom. The van der Waals surface area contributed by atoms with Crippen LogP contribution in [-0.2, 0) is 11.2 Å². The molecule has 0 saturated heterocycles. The zero-order valence-electron chi connectivity index (χ0n) is 21.7. The van der Waals surface area contributed by atoms with E-state index in [9.17, 15) is 4.79 Å². The lowest BCUT2D eigenvalue weighted by atomic mass is 9.68. The maximum Gasteiger partial charge on any atom is 0.146 e. The van der Waals surface area contributed by atoms with Gasteiger partial charge in [0, 0.05) is 6.42 Å². The second-order valence-electron chi connectivity index (χ2n) is 9.89. The third-order valence-corrected chi connectivity index (χ3v) is 7.54. The van der Waals surface area contributed by atoms with E-state index in [0.717, 1.165) is 30.1 Å². The van der Waals surface area contributed by atoms with Crippen LogP contribution in [0.5, 0.6) is 0 Å². The molecule has 180 valence electrons. The normalized spacial score (nSPS) is 26.6. The molecule has 1 N–H and O–H groups in total. The largest absolute Gasteiger partial charge is 0.313 e. The first-order chi connectivity index (χ1) is 15.3. The summed E-state index contributed by atoms with van der Waals surface area (Å²) in [6.07, 6.45) is 12.7. The minimum Gasteiger partial charge on any atom is -0.313 e. The van der Waals surface area contributed by atoms with Crippen LogP contribution in [0.25, 0.3) is 0 Å². The van der Waals surface area contributed by atoms with Gasteiger partial charge in [-0.1, -0.05) is 82.2 Å². The highest BCUT2D eigenvalue weighted by Gasteiger charge is 2.31. The molecule has 0 heterocycles. The van der Waals surface area contributed by atoms with Gasteiger partial charge in [-0.2, -0.15) is 0 Å². The Morgan fingerprint density at radius 2 is 1.91 bits per heavy atom. The minimum absolute atomic E-state index is 0.270. The fourth-order valence-electron chi connectivity index (χ4n) is 5.09. The number of benzene rings is 1. The van der Waals surface area contributed by atoms with Crippen LogP contribution in [-0.4, -0.2) is 19.4 Å². The molecule has 0 saturated carbocycles. The number of hydrogen-bond acceptors (Lipinski definition) is 2. The number of likely N-dealkylation sites (N-methyl/N-ethyl adjacent to an activating group) is 1. The predicted octanol–water partition coefficient (Wildman–Crippen LogP) is 7.65. The second kappa shape index (κ2) is 16.0. The van der Waals surface area contributed by atoms with Gasteiger partial charge in [-0.25, -0.2) is 0 Å². The van der Waals surface area contributed by atoms with Gasteiger partial charge in [-0.3, -0.25) is 4.79 Å². The Hall–Kier alpha value is -1.67. The van der Waals surface area contributed by atoms with E-state index in [0.29, 0.717) is 18.9 Å². The molecule has 3 unspecified atom stereocenters. The van der Waals surface area contributed by atoms with Crippen LogP contribution in [0.4, 0.5) is 0 Å². The summed E-state index contributed by atoms with van der Waals surface area (Å²) in [6, 6.07) is 10.1. The lowest BCUT2D eigenvalue weighted by Crippen LogP contribution is -2.30. The fraction of sp³-hybridized carbons (Fsp3) is 0.633. The van der Waals surface area contributed by atoms with Crippen molar-refractivity contribution < 1.29 is 4.79 Å². The lowest BCUT2D eigenvalue weighted by molar-refractivity contribution is -0.118. The molecule has 0 aliphatic heterocycles. The van der Waals surface area contributed by atoms with E-state index in [1.807, 2.05) is 30.3 Å². The van der Waals surface area contributed by atoms with Crippen molar-refractivity contribution in [2.24, 2.45) is 29.6 Å². The van der Waals surface area contributed by atoms with Gasteiger partial charge < -0.3 is 5.32 Å². The zero-order chi connectivity index (χ0) is 23.9. The van der Waals surface area contributed by atoms with Crippen molar-refractivity contribution in [3.8, 4) is 0 Å². The van der Waals surface area contributed by atoms with Crippen molar-refractivity contribution in [1.82, 2.24) is 5.32 Å². The van der Waals surface area contributed by atoms with Gasteiger partial charge in [0.25, 0.3) is 0 Å². The standard InChI is InChI=1S/C19H34.C11H15NO/c1-7-15(4)19-13-12-14(3)10-9-11-16(5)17(6)18(19)8-2;1-12-9-11(13)8-7-10-5-3-2-4-6-10/h7,10,15-19H,1,8-9,11-13H2,2-6H3;2-6,12H,7-9H2,1H3/b14-10+;/t15-,16?,17?,18-,19?;/m1./s1. The summed E-state index contributed by atoms with van der Waals surface area (Å²) < 4.78 is 0. The first-order valence-electron chi connectivity index (χ1n) is 12.8. The van der Waals surface area contributed by atoms with Crippen LogP contribution in [0.2, 0.25) is 0 Å². The Balaban J connectivity index is 0.000000343. The maximum absolute atomic E-state index is 11.2. The van der Waals surface area contributed by atoms with Gasteiger partial charge in [0.2, 0.25) is 0 Å². The van der Waals surface area contributed by atoms with E-state index in [2.05, 4.69) is 58.7 Å². The predicted molar refractivity (Wildman–Crippen MR) is 141 cm³/mol. The highest BCUT2D eigenvalue weighted by atomic mass is 16.1. The van der Waals surface area contributed by atoms with Gasteiger partial charge in [0.1, 0.15) is 5.78 Å². The van der Waals surface area contributed by atoms with Gasteiger partial charge in [0.15, 0.2) is 0 Å². The number of rotatable bonds is 8. The molecule has 0 fully saturated rings. The van der Waals surface area contributed by atoms with Gasteiger partial charge in [-0.05, 0) is 81.2 Å². The van der Waals surface area contributed by atoms with Crippen LogP contribution in [0.3, 0.4) is 0 Å². The summed E-state index contributed by atoms with van der Waals surface area (Å²) >= 11 is 0. The first kappa shape index (κ1) is 28.4. The summed E-state index contributed by atoms with van der Waals surface area (Å²) in [5.41, 5.74) is 2.82. The molecule has 2 nitrogen and oxygen atoms in total. The molecule has 5 atom stereocenters. The molecule has 2 rings (SSSR count). The smallest absolute Gasteiger partial charge is 0.146 e. The van der Waals surface area contributed by atoms with Gasteiger partial charge in [-0.15, -0.1) is 6.58 Å². The van der Waals surface area contributed by atoms with Crippen molar-refractivity contribution in [2.45, 2.75) is 79.6 Å². The summed E-state index contributed by atoms with van der Waals surface area (Å²) in [6.45, 7) is 16.5. The lowest BCUT2D eigenvalue weighted by Gasteiger charge is -2.38. The molecule has 1 aliphatic rings. The average molecular weight is 440 g/mol. The van der Waals surface area contributed by atoms with Crippen molar-refractivity contribution in [3.05, 3.63) is 60.2 Å². The Bertz CT molecular complexity index is 677. The molecule has 0 aromatic heterocycles. The maximum atomic E-state index is 11.2. The molecule has 2 heteroatoms. The molecule has 0 amide bonds. The van der Waals surface area contributed by atoms with Gasteiger partial charge >= 0.3 is 0 Å². The van der Waals surface area contributed by atoms with Crippen molar-refractivity contribution in [2.75, 3.05) is 13.6 Å². The van der Waals surface area contributed by atoms with Crippen LogP contribution >= 0.6 is 0 Å². The van der Waals surface area contributed by atoms with Crippen molar-refractivity contribution in [3.63, 3.8) is 0 Å². The zero-order valence-corrected chi connectivity index (χ0v) is 21.7. The van der Waals surface area contributed by atoms with E-state index >= 15 is 0 Å². The number of carbonyl (C=O) groups excluding carboxylic acids is 1. The topological polar surface area (TPSA) is 29.1 Å². The third-order valence-electron chi connectivity index (χ3n) is 7.54. The van der Waals surface area contributed by atoms with Crippen LogP contribution in [0.15, 0.2) is 54.6 Å². The molecule has 0 radical (unpaired) electrons. The highest BCUT2D eigenvalue weighted by molar-refractivity contribution is 5.80. The molecular weight excluding hydrogens is 390 g/mol.